The third-order valence-corrected chi connectivity index (χ3v) is 1.70. The van der Waals surface area contributed by atoms with Crippen LogP contribution in [0.4, 0.5) is 0 Å². The molecule has 0 aliphatic rings. The number of rotatable bonds is 1. The van der Waals surface area contributed by atoms with E-state index in [2.05, 4.69) is 0 Å². The first-order valence-electron chi connectivity index (χ1n) is 1.06. The van der Waals surface area contributed by atoms with Gasteiger partial charge in [-0.25, -0.2) is 4.55 Å². The van der Waals surface area contributed by atoms with Crippen LogP contribution in [0.2, 0.25) is 0 Å². The molecule has 5 nitrogen and oxygen atoms in total. The zero-order chi connectivity index (χ0) is 6.08. The molecule has 0 aliphatic heterocycles. The monoisotopic (exact) mass is 202 g/mol. The molecule has 0 radical (unpaired) electrons. The Morgan fingerprint density at radius 3 is 1.62 bits per heavy atom. The molecule has 0 bridgehead atoms. The fraction of sp³-hybridized carbons (Fsp3) is 0. The smallest absolute Gasteiger partial charge is 0.474 e. The van der Waals surface area contributed by atoms with Crippen molar-refractivity contribution in [2.75, 3.05) is 0 Å². The number of hydrogen-bond acceptors (Lipinski definition) is 4. The Hall–Kier alpha value is 0.464. The van der Waals surface area contributed by atoms with Crippen molar-refractivity contribution in [3.8, 4) is 0 Å². The molecule has 1 atom stereocenters. The zero-order valence-electron chi connectivity index (χ0n) is 3.25. The molecule has 0 aromatic heterocycles. The summed E-state index contributed by atoms with van der Waals surface area (Å²) in [7, 11) is -8.50. The molecule has 0 fully saturated rings. The van der Waals surface area contributed by atoms with Gasteiger partial charge in [0.2, 0.25) is 0 Å². The molecule has 0 aliphatic carbocycles. The fourth-order valence-electron chi connectivity index (χ4n) is 0. The van der Waals surface area contributed by atoms with Crippen molar-refractivity contribution in [1.29, 1.82) is 0 Å². The van der Waals surface area contributed by atoms with Gasteiger partial charge in [-0.1, -0.05) is 4.57 Å². The van der Waals surface area contributed by atoms with E-state index in [1.54, 1.807) is 0 Å². The Bertz CT molecular complexity index is 167. The first-order chi connectivity index (χ1) is 2.94. The van der Waals surface area contributed by atoms with E-state index < -0.39 is 17.0 Å². The first kappa shape index (κ1) is 11.3. The largest absolute Gasteiger partial charge is 0.579 e. The van der Waals surface area contributed by atoms with Crippen molar-refractivity contribution >= 4 is 17.0 Å². The Morgan fingerprint density at radius 2 is 1.62 bits per heavy atom. The molecule has 52 valence electrons. The maximum atomic E-state index is 9.29. The van der Waals surface area contributed by atoms with Crippen molar-refractivity contribution in [2.24, 2.45) is 0 Å². The summed E-state index contributed by atoms with van der Waals surface area (Å²) in [6.07, 6.45) is 0. The molecule has 1 N–H and O–H groups in total. The predicted octanol–water partition coefficient (Wildman–Crippen LogP) is -1.11. The quantitative estimate of drug-likeness (QED) is 0.331. The average Bonchev–Trinajstić information content (AvgIpc) is 1.31. The van der Waals surface area contributed by atoms with Crippen molar-refractivity contribution in [3.05, 3.63) is 0 Å². The van der Waals surface area contributed by atoms with Gasteiger partial charge >= 0.3 is 17.0 Å². The van der Waals surface area contributed by atoms with Gasteiger partial charge < -0.3 is 4.89 Å². The summed E-state index contributed by atoms with van der Waals surface area (Å²) in [5.74, 6) is 0. The van der Waals surface area contributed by atoms with Gasteiger partial charge in [-0.05, 0) is 0 Å². The third-order valence-electron chi connectivity index (χ3n) is 0.188. The van der Waals surface area contributed by atoms with Crippen LogP contribution < -0.4 is 4.89 Å². The van der Waals surface area contributed by atoms with Crippen LogP contribution in [0.1, 0.15) is 0 Å². The van der Waals surface area contributed by atoms with Gasteiger partial charge in [-0.2, -0.15) is 8.42 Å². The normalized spacial score (nSPS) is 12.0. The molecule has 0 aromatic carbocycles. The van der Waals surface area contributed by atoms with Crippen LogP contribution in [0, 0.1) is 0 Å². The second kappa shape index (κ2) is 3.48. The van der Waals surface area contributed by atoms with Gasteiger partial charge in [-0.15, -0.1) is 0 Å². The molecule has 0 saturated heterocycles. The van der Waals surface area contributed by atoms with Gasteiger partial charge in [0, 0.05) is 16.5 Å². The van der Waals surface area contributed by atoms with Crippen LogP contribution in [0.15, 0.2) is 0 Å². The van der Waals surface area contributed by atoms with Gasteiger partial charge in [-0.3, -0.25) is 0 Å². The minimum atomic E-state index is -4.79. The van der Waals surface area contributed by atoms with Crippen LogP contribution in [-0.2, 0) is 30.8 Å². The van der Waals surface area contributed by atoms with E-state index in [0.717, 1.165) is 0 Å². The van der Waals surface area contributed by atoms with Gasteiger partial charge in [0.1, 0.15) is 0 Å². The van der Waals surface area contributed by atoms with Crippen molar-refractivity contribution in [2.45, 2.75) is 0 Å². The second-order valence-electron chi connectivity index (χ2n) is 0.671. The summed E-state index contributed by atoms with van der Waals surface area (Å²) < 4.78 is 35.3. The molecule has 8 heteroatoms. The molecule has 0 spiro atoms. The number of hydrogen-bond donors (Lipinski definition) is 1. The summed E-state index contributed by atoms with van der Waals surface area (Å²) in [6, 6.07) is 0. The van der Waals surface area contributed by atoms with E-state index in [9.17, 15) is 17.9 Å². The Kier molecular flexibility index (Phi) is 4.91. The van der Waals surface area contributed by atoms with Crippen LogP contribution in [0.25, 0.3) is 0 Å². The van der Waals surface area contributed by atoms with Crippen LogP contribution in [0.5, 0.6) is 0 Å². The summed E-state index contributed by atoms with van der Waals surface area (Å²) in [5, 5.41) is 0. The SMILES string of the molecule is O=[P+]([O-])S(=O)(=O)O.[Ni]. The predicted molar refractivity (Wildman–Crippen MR) is 19.2 cm³/mol. The minimum Gasteiger partial charge on any atom is -0.579 e. The van der Waals surface area contributed by atoms with Crippen molar-refractivity contribution in [1.82, 2.24) is 0 Å². The maximum absolute atomic E-state index is 9.29. The molecule has 0 aromatic rings. The van der Waals surface area contributed by atoms with Crippen LogP contribution in [-0.4, -0.2) is 13.0 Å². The van der Waals surface area contributed by atoms with Crippen molar-refractivity contribution < 1.29 is 38.9 Å². The van der Waals surface area contributed by atoms with E-state index in [1.165, 1.54) is 0 Å². The first-order valence-corrected chi connectivity index (χ1v) is 4.29. The van der Waals surface area contributed by atoms with Crippen LogP contribution >= 0.6 is 7.23 Å². The minimum absolute atomic E-state index is 0. The second-order valence-corrected chi connectivity index (χ2v) is 4.29. The summed E-state index contributed by atoms with van der Waals surface area (Å²) >= 11 is 0. The third kappa shape index (κ3) is 4.62. The van der Waals surface area contributed by atoms with E-state index >= 15 is 0 Å². The zero-order valence-corrected chi connectivity index (χ0v) is 5.95. The summed E-state index contributed by atoms with van der Waals surface area (Å²) in [5.41, 5.74) is 0. The average molecular weight is 203 g/mol. The Balaban J connectivity index is 0. The van der Waals surface area contributed by atoms with E-state index in [0.29, 0.717) is 0 Å². The van der Waals surface area contributed by atoms with Gasteiger partial charge in [0.25, 0.3) is 0 Å². The summed E-state index contributed by atoms with van der Waals surface area (Å²) in [4.78, 5) is 9.22. The van der Waals surface area contributed by atoms with Crippen LogP contribution in [0.3, 0.4) is 0 Å². The van der Waals surface area contributed by atoms with Gasteiger partial charge in [0.15, 0.2) is 0 Å². The molecule has 0 rings (SSSR count). The Labute approximate surface area is 56.4 Å². The standard InChI is InChI=1S/Ni.HO5PS/c;1-6(2)7(3,4)5/h;(H,3,4,5). The van der Waals surface area contributed by atoms with E-state index in [-0.39, 0.29) is 16.5 Å². The summed E-state index contributed by atoms with van der Waals surface area (Å²) in [6.45, 7) is 0. The molecule has 0 amide bonds. The molecule has 8 heavy (non-hydrogen) atoms. The van der Waals surface area contributed by atoms with Crippen molar-refractivity contribution in [3.63, 3.8) is 0 Å². The van der Waals surface area contributed by atoms with E-state index in [4.69, 9.17) is 4.55 Å². The molecular formula is HNiO5PS. The fourth-order valence-corrected chi connectivity index (χ4v) is 0. The Morgan fingerprint density at radius 1 is 1.50 bits per heavy atom. The molecule has 1 unspecified atom stereocenters. The maximum Gasteiger partial charge on any atom is 0.474 e. The van der Waals surface area contributed by atoms with E-state index in [1.807, 2.05) is 0 Å². The topological polar surface area (TPSA) is 94.5 Å². The molecular weight excluding hydrogens is 202 g/mol. The molecule has 0 heterocycles. The van der Waals surface area contributed by atoms with Gasteiger partial charge in [0.05, 0.1) is 0 Å². The molecule has 0 saturated carbocycles.